The molecular weight excluding hydrogens is 432 g/mol. The van der Waals surface area contributed by atoms with E-state index in [0.29, 0.717) is 29.7 Å². The zero-order valence-electron chi connectivity index (χ0n) is 19.7. The van der Waals surface area contributed by atoms with Crippen LogP contribution in [0.5, 0.6) is 0 Å². The largest absolute Gasteiger partial charge is 0.352 e. The molecule has 34 heavy (non-hydrogen) atoms. The quantitative estimate of drug-likeness (QED) is 0.347. The molecule has 0 atom stereocenters. The third kappa shape index (κ3) is 6.00. The van der Waals surface area contributed by atoms with Crippen molar-refractivity contribution in [2.45, 2.75) is 58.2 Å². The van der Waals surface area contributed by atoms with E-state index in [1.807, 2.05) is 36.4 Å². The number of aryl methyl sites for hydroxylation is 3. The van der Waals surface area contributed by atoms with Crippen molar-refractivity contribution in [3.63, 3.8) is 0 Å². The van der Waals surface area contributed by atoms with Crippen LogP contribution in [0.2, 0.25) is 0 Å². The fourth-order valence-electron chi connectivity index (χ4n) is 4.51. The molecule has 1 aliphatic rings. The number of unbranched alkanes of at least 4 members (excludes halogenated alkanes) is 1. The lowest BCUT2D eigenvalue weighted by Crippen LogP contribution is -2.32. The number of nitriles is 1. The number of benzene rings is 3. The van der Waals surface area contributed by atoms with Gasteiger partial charge in [-0.05, 0) is 59.9 Å². The lowest BCUT2D eigenvalue weighted by atomic mass is 9.97. The molecule has 0 N–H and O–H groups in total. The van der Waals surface area contributed by atoms with Crippen LogP contribution in [0.1, 0.15) is 54.9 Å². The molecule has 0 bridgehead atoms. The Labute approximate surface area is 200 Å². The average molecular weight is 464 g/mol. The first-order valence-electron chi connectivity index (χ1n) is 12.2. The molecule has 3 aromatic carbocycles. The number of ether oxygens (including phenoxy) is 2. The van der Waals surface area contributed by atoms with Crippen LogP contribution in [0.25, 0.3) is 10.8 Å². The second-order valence-electron chi connectivity index (χ2n) is 9.16. The SMILES string of the molecule is CCCCC1COC(CCc2ccc3c(F)c(CCc4ccc(C#N)c(F)c4)ccc3c2)OC1. The predicted molar refractivity (Wildman–Crippen MR) is 129 cm³/mol. The first-order chi connectivity index (χ1) is 16.6. The van der Waals surface area contributed by atoms with Crippen LogP contribution in [-0.2, 0) is 28.7 Å². The molecule has 0 aliphatic carbocycles. The van der Waals surface area contributed by atoms with E-state index in [-0.39, 0.29) is 17.7 Å². The van der Waals surface area contributed by atoms with Crippen molar-refractivity contribution in [1.29, 1.82) is 5.26 Å². The third-order valence-electron chi connectivity index (χ3n) is 6.61. The molecule has 4 rings (SSSR count). The Kier molecular flexibility index (Phi) is 8.26. The lowest BCUT2D eigenvalue weighted by molar-refractivity contribution is -0.203. The van der Waals surface area contributed by atoms with Crippen LogP contribution < -0.4 is 0 Å². The number of nitrogens with zero attached hydrogens (tertiary/aromatic N) is 1. The van der Waals surface area contributed by atoms with Gasteiger partial charge in [-0.2, -0.15) is 5.26 Å². The topological polar surface area (TPSA) is 42.2 Å². The Morgan fingerprint density at radius 3 is 2.41 bits per heavy atom. The van der Waals surface area contributed by atoms with Gasteiger partial charge in [0, 0.05) is 17.7 Å². The highest BCUT2D eigenvalue weighted by Crippen LogP contribution is 2.25. The molecule has 0 aromatic heterocycles. The third-order valence-corrected chi connectivity index (χ3v) is 6.61. The summed E-state index contributed by atoms with van der Waals surface area (Å²) in [7, 11) is 0. The van der Waals surface area contributed by atoms with Crippen LogP contribution in [0.3, 0.4) is 0 Å². The summed E-state index contributed by atoms with van der Waals surface area (Å²) < 4.78 is 40.8. The van der Waals surface area contributed by atoms with Gasteiger partial charge in [0.15, 0.2) is 6.29 Å². The van der Waals surface area contributed by atoms with Crippen molar-refractivity contribution in [3.05, 3.63) is 82.4 Å². The molecule has 0 unspecified atom stereocenters. The maximum Gasteiger partial charge on any atom is 0.157 e. The van der Waals surface area contributed by atoms with Crippen LogP contribution in [-0.4, -0.2) is 19.5 Å². The van der Waals surface area contributed by atoms with Gasteiger partial charge in [0.2, 0.25) is 0 Å². The number of hydrogen-bond donors (Lipinski definition) is 0. The summed E-state index contributed by atoms with van der Waals surface area (Å²) in [6.45, 7) is 3.74. The smallest absolute Gasteiger partial charge is 0.157 e. The van der Waals surface area contributed by atoms with E-state index >= 15 is 4.39 Å². The first kappa shape index (κ1) is 24.3. The second kappa shape index (κ2) is 11.6. The Bertz CT molecular complexity index is 1160. The van der Waals surface area contributed by atoms with E-state index in [0.717, 1.165) is 49.0 Å². The van der Waals surface area contributed by atoms with Gasteiger partial charge in [0.05, 0.1) is 18.8 Å². The molecule has 0 spiro atoms. The molecule has 3 nitrogen and oxygen atoms in total. The van der Waals surface area contributed by atoms with Crippen molar-refractivity contribution in [3.8, 4) is 6.07 Å². The maximum atomic E-state index is 15.1. The van der Waals surface area contributed by atoms with E-state index in [1.165, 1.54) is 25.0 Å². The van der Waals surface area contributed by atoms with E-state index in [2.05, 4.69) is 6.92 Å². The van der Waals surface area contributed by atoms with Crippen molar-refractivity contribution in [1.82, 2.24) is 0 Å². The number of rotatable bonds is 9. The lowest BCUT2D eigenvalue weighted by Gasteiger charge is -2.29. The molecule has 1 heterocycles. The zero-order chi connectivity index (χ0) is 23.9. The molecule has 178 valence electrons. The highest BCUT2D eigenvalue weighted by atomic mass is 19.1. The van der Waals surface area contributed by atoms with Gasteiger partial charge in [-0.25, -0.2) is 8.78 Å². The van der Waals surface area contributed by atoms with Crippen molar-refractivity contribution < 1.29 is 18.3 Å². The minimum atomic E-state index is -0.535. The summed E-state index contributed by atoms with van der Waals surface area (Å²) in [5.41, 5.74) is 2.50. The van der Waals surface area contributed by atoms with Gasteiger partial charge >= 0.3 is 0 Å². The number of hydrogen-bond acceptors (Lipinski definition) is 3. The molecule has 0 saturated carbocycles. The molecule has 0 radical (unpaired) electrons. The monoisotopic (exact) mass is 463 g/mol. The molecular formula is C29H31F2NO2. The first-order valence-corrected chi connectivity index (χ1v) is 12.2. The van der Waals surface area contributed by atoms with Gasteiger partial charge in [-0.3, -0.25) is 0 Å². The average Bonchev–Trinajstić information content (AvgIpc) is 2.86. The summed E-state index contributed by atoms with van der Waals surface area (Å²) in [5.74, 6) is -0.257. The van der Waals surface area contributed by atoms with Crippen LogP contribution in [0, 0.1) is 28.9 Å². The summed E-state index contributed by atoms with van der Waals surface area (Å²) in [6, 6.07) is 16.0. The zero-order valence-corrected chi connectivity index (χ0v) is 19.7. The summed E-state index contributed by atoms with van der Waals surface area (Å²) in [5, 5.41) is 10.3. The second-order valence-corrected chi connectivity index (χ2v) is 9.16. The van der Waals surface area contributed by atoms with E-state index in [1.54, 1.807) is 6.07 Å². The minimum absolute atomic E-state index is 0.0224. The van der Waals surface area contributed by atoms with Crippen LogP contribution in [0.4, 0.5) is 8.78 Å². The van der Waals surface area contributed by atoms with E-state index in [9.17, 15) is 4.39 Å². The number of halogens is 2. The summed E-state index contributed by atoms with van der Waals surface area (Å²) in [6.07, 6.45) is 5.97. The summed E-state index contributed by atoms with van der Waals surface area (Å²) >= 11 is 0. The van der Waals surface area contributed by atoms with Crippen molar-refractivity contribution >= 4 is 10.8 Å². The highest BCUT2D eigenvalue weighted by molar-refractivity contribution is 5.84. The fourth-order valence-corrected chi connectivity index (χ4v) is 4.51. The molecule has 1 aliphatic heterocycles. The summed E-state index contributed by atoms with van der Waals surface area (Å²) in [4.78, 5) is 0. The Hall–Kier alpha value is -2.81. The van der Waals surface area contributed by atoms with Gasteiger partial charge in [0.1, 0.15) is 17.7 Å². The van der Waals surface area contributed by atoms with E-state index < -0.39 is 5.82 Å². The van der Waals surface area contributed by atoms with Gasteiger partial charge in [0.25, 0.3) is 0 Å². The number of fused-ring (bicyclic) bond motifs is 1. The van der Waals surface area contributed by atoms with Gasteiger partial charge in [-0.1, -0.05) is 56.2 Å². The molecule has 1 fully saturated rings. The molecule has 5 heteroatoms. The Balaban J connectivity index is 1.34. The van der Waals surface area contributed by atoms with Gasteiger partial charge < -0.3 is 9.47 Å². The fraction of sp³-hybridized carbons (Fsp3) is 0.414. The molecule has 0 amide bonds. The van der Waals surface area contributed by atoms with Crippen molar-refractivity contribution in [2.24, 2.45) is 5.92 Å². The van der Waals surface area contributed by atoms with E-state index in [4.69, 9.17) is 14.7 Å². The normalized spacial score (nSPS) is 18.2. The van der Waals surface area contributed by atoms with Crippen LogP contribution in [0.15, 0.2) is 48.5 Å². The minimum Gasteiger partial charge on any atom is -0.352 e. The molecule has 3 aromatic rings. The standard InChI is InChI=1S/C29H31F2NO2/c1-2-3-4-22-18-33-28(34-19-22)14-8-20-7-13-26-24(15-20)12-11-23(29(26)31)9-5-21-6-10-25(17-32)27(30)16-21/h6-7,10-13,15-16,22,28H,2-5,8-9,14,18-19H2,1H3. The van der Waals surface area contributed by atoms with Crippen molar-refractivity contribution in [2.75, 3.05) is 13.2 Å². The van der Waals surface area contributed by atoms with Crippen LogP contribution >= 0.6 is 0 Å². The highest BCUT2D eigenvalue weighted by Gasteiger charge is 2.21. The predicted octanol–water partition coefficient (Wildman–Crippen LogP) is 6.89. The van der Waals surface area contributed by atoms with Gasteiger partial charge in [-0.15, -0.1) is 0 Å². The Morgan fingerprint density at radius 2 is 1.68 bits per heavy atom. The Morgan fingerprint density at radius 1 is 0.912 bits per heavy atom. The molecule has 1 saturated heterocycles. The maximum absolute atomic E-state index is 15.1.